The minimum absolute atomic E-state index is 0.103. The Labute approximate surface area is 105 Å². The molecule has 1 atom stereocenters. The second-order valence-electron chi connectivity index (χ2n) is 4.38. The molecule has 1 rings (SSSR count). The topological polar surface area (TPSA) is 26.0 Å². The SMILES string of the molecule is C=CCCCC(N)Cc1cccc(C(F)(F)F)c1. The number of hydrogen-bond donors (Lipinski definition) is 1. The summed E-state index contributed by atoms with van der Waals surface area (Å²) in [5.74, 6) is 0. The molecule has 0 amide bonds. The van der Waals surface area contributed by atoms with E-state index in [-0.39, 0.29) is 6.04 Å². The first kappa shape index (κ1) is 14.8. The van der Waals surface area contributed by atoms with Gasteiger partial charge in [-0.05, 0) is 37.3 Å². The zero-order chi connectivity index (χ0) is 13.6. The van der Waals surface area contributed by atoms with E-state index < -0.39 is 11.7 Å². The number of rotatable bonds is 6. The smallest absolute Gasteiger partial charge is 0.327 e. The van der Waals surface area contributed by atoms with Gasteiger partial charge in [-0.25, -0.2) is 0 Å². The van der Waals surface area contributed by atoms with Gasteiger partial charge in [0.05, 0.1) is 5.56 Å². The molecule has 0 aliphatic rings. The Morgan fingerprint density at radius 3 is 2.67 bits per heavy atom. The van der Waals surface area contributed by atoms with E-state index in [0.29, 0.717) is 12.0 Å². The highest BCUT2D eigenvalue weighted by Crippen LogP contribution is 2.29. The quantitative estimate of drug-likeness (QED) is 0.606. The van der Waals surface area contributed by atoms with Crippen LogP contribution < -0.4 is 5.73 Å². The molecule has 2 N–H and O–H groups in total. The minimum atomic E-state index is -4.29. The third-order valence-corrected chi connectivity index (χ3v) is 2.74. The summed E-state index contributed by atoms with van der Waals surface area (Å²) in [4.78, 5) is 0. The lowest BCUT2D eigenvalue weighted by atomic mass is 10.00. The van der Waals surface area contributed by atoms with Crippen LogP contribution in [0.5, 0.6) is 0 Å². The van der Waals surface area contributed by atoms with E-state index in [1.54, 1.807) is 6.07 Å². The second kappa shape index (κ2) is 6.59. The van der Waals surface area contributed by atoms with Crippen LogP contribution in [0.25, 0.3) is 0 Å². The number of nitrogens with two attached hydrogens (primary N) is 1. The van der Waals surface area contributed by atoms with Crippen molar-refractivity contribution in [1.82, 2.24) is 0 Å². The summed E-state index contributed by atoms with van der Waals surface area (Å²) in [5, 5.41) is 0. The lowest BCUT2D eigenvalue weighted by Crippen LogP contribution is -2.22. The first-order valence-electron chi connectivity index (χ1n) is 5.96. The van der Waals surface area contributed by atoms with E-state index in [2.05, 4.69) is 6.58 Å². The summed E-state index contributed by atoms with van der Waals surface area (Å²) in [6.07, 6.45) is 0.600. The number of hydrogen-bond acceptors (Lipinski definition) is 1. The normalized spacial score (nSPS) is 13.3. The lowest BCUT2D eigenvalue weighted by Gasteiger charge is -2.13. The van der Waals surface area contributed by atoms with Crippen molar-refractivity contribution in [2.75, 3.05) is 0 Å². The molecule has 0 saturated carbocycles. The fraction of sp³-hybridized carbons (Fsp3) is 0.429. The van der Waals surface area contributed by atoms with E-state index in [4.69, 9.17) is 5.73 Å². The average Bonchev–Trinajstić information content (AvgIpc) is 2.28. The molecule has 0 saturated heterocycles. The van der Waals surface area contributed by atoms with Gasteiger partial charge in [-0.1, -0.05) is 24.3 Å². The molecule has 0 aliphatic carbocycles. The summed E-state index contributed by atoms with van der Waals surface area (Å²) in [6, 6.07) is 5.26. The van der Waals surface area contributed by atoms with Crippen LogP contribution in [0.3, 0.4) is 0 Å². The predicted octanol–water partition coefficient (Wildman–Crippen LogP) is 3.93. The van der Waals surface area contributed by atoms with Gasteiger partial charge in [0.2, 0.25) is 0 Å². The van der Waals surface area contributed by atoms with Gasteiger partial charge in [0.25, 0.3) is 0 Å². The van der Waals surface area contributed by atoms with Crippen molar-refractivity contribution in [1.29, 1.82) is 0 Å². The van der Waals surface area contributed by atoms with Gasteiger partial charge in [0, 0.05) is 6.04 Å². The zero-order valence-electron chi connectivity index (χ0n) is 10.2. The highest BCUT2D eigenvalue weighted by molar-refractivity contribution is 5.26. The second-order valence-corrected chi connectivity index (χ2v) is 4.38. The molecular weight excluding hydrogens is 239 g/mol. The summed E-state index contributed by atoms with van der Waals surface area (Å²) in [6.45, 7) is 3.61. The van der Waals surface area contributed by atoms with Gasteiger partial charge in [-0.3, -0.25) is 0 Å². The van der Waals surface area contributed by atoms with Crippen molar-refractivity contribution in [3.05, 3.63) is 48.0 Å². The average molecular weight is 257 g/mol. The van der Waals surface area contributed by atoms with Crippen molar-refractivity contribution in [2.24, 2.45) is 5.73 Å². The Bertz CT molecular complexity index is 385. The van der Waals surface area contributed by atoms with Gasteiger partial charge in [-0.2, -0.15) is 13.2 Å². The third kappa shape index (κ3) is 4.92. The molecule has 4 heteroatoms. The molecule has 0 aromatic heterocycles. The Morgan fingerprint density at radius 2 is 2.06 bits per heavy atom. The molecule has 0 spiro atoms. The monoisotopic (exact) mass is 257 g/mol. The van der Waals surface area contributed by atoms with Crippen molar-refractivity contribution in [3.8, 4) is 0 Å². The zero-order valence-corrected chi connectivity index (χ0v) is 10.2. The summed E-state index contributed by atoms with van der Waals surface area (Å²) in [7, 11) is 0. The Hall–Kier alpha value is -1.29. The molecule has 0 heterocycles. The molecule has 1 unspecified atom stereocenters. The summed E-state index contributed by atoms with van der Waals surface area (Å²) < 4.78 is 37.5. The molecule has 0 fully saturated rings. The Balaban J connectivity index is 2.59. The largest absolute Gasteiger partial charge is 0.416 e. The van der Waals surface area contributed by atoms with E-state index in [1.165, 1.54) is 12.1 Å². The van der Waals surface area contributed by atoms with Crippen LogP contribution in [0.4, 0.5) is 13.2 Å². The number of alkyl halides is 3. The highest BCUT2D eigenvalue weighted by atomic mass is 19.4. The maximum atomic E-state index is 12.5. The Morgan fingerprint density at radius 1 is 1.33 bits per heavy atom. The van der Waals surface area contributed by atoms with Crippen LogP contribution >= 0.6 is 0 Å². The standard InChI is InChI=1S/C14H18F3N/c1-2-3-4-8-13(18)10-11-6-5-7-12(9-11)14(15,16)17/h2,5-7,9,13H,1,3-4,8,10,18H2. The van der Waals surface area contributed by atoms with Gasteiger partial charge in [0.15, 0.2) is 0 Å². The van der Waals surface area contributed by atoms with Crippen LogP contribution in [0.15, 0.2) is 36.9 Å². The molecular formula is C14H18F3N. The molecule has 100 valence electrons. The maximum absolute atomic E-state index is 12.5. The van der Waals surface area contributed by atoms with Crippen LogP contribution in [0, 0.1) is 0 Å². The molecule has 1 nitrogen and oxygen atoms in total. The fourth-order valence-electron chi connectivity index (χ4n) is 1.80. The van der Waals surface area contributed by atoms with Gasteiger partial charge < -0.3 is 5.73 Å². The van der Waals surface area contributed by atoms with Crippen LogP contribution in [-0.4, -0.2) is 6.04 Å². The molecule has 0 radical (unpaired) electrons. The highest BCUT2D eigenvalue weighted by Gasteiger charge is 2.30. The van der Waals surface area contributed by atoms with E-state index >= 15 is 0 Å². The first-order chi connectivity index (χ1) is 8.43. The minimum Gasteiger partial charge on any atom is -0.327 e. The van der Waals surface area contributed by atoms with Crippen LogP contribution in [0.1, 0.15) is 30.4 Å². The van der Waals surface area contributed by atoms with Gasteiger partial charge in [0.1, 0.15) is 0 Å². The molecule has 0 aliphatic heterocycles. The van der Waals surface area contributed by atoms with E-state index in [9.17, 15) is 13.2 Å². The maximum Gasteiger partial charge on any atom is 0.416 e. The predicted molar refractivity (Wildman–Crippen MR) is 67.2 cm³/mol. The van der Waals surface area contributed by atoms with E-state index in [0.717, 1.165) is 25.3 Å². The number of halogens is 3. The summed E-state index contributed by atoms with van der Waals surface area (Å²) in [5.41, 5.74) is 5.91. The number of unbranched alkanes of at least 4 members (excludes halogenated alkanes) is 1. The number of allylic oxidation sites excluding steroid dienone is 1. The fourth-order valence-corrected chi connectivity index (χ4v) is 1.80. The van der Waals surface area contributed by atoms with Crippen molar-refractivity contribution in [2.45, 2.75) is 37.9 Å². The Kier molecular flexibility index (Phi) is 5.41. The van der Waals surface area contributed by atoms with Crippen molar-refractivity contribution < 1.29 is 13.2 Å². The van der Waals surface area contributed by atoms with Crippen molar-refractivity contribution >= 4 is 0 Å². The molecule has 18 heavy (non-hydrogen) atoms. The number of benzene rings is 1. The molecule has 1 aromatic carbocycles. The van der Waals surface area contributed by atoms with E-state index in [1.807, 2.05) is 6.08 Å². The summed E-state index contributed by atoms with van der Waals surface area (Å²) >= 11 is 0. The molecule has 1 aromatic rings. The van der Waals surface area contributed by atoms with Gasteiger partial charge in [-0.15, -0.1) is 6.58 Å². The first-order valence-corrected chi connectivity index (χ1v) is 5.96. The van der Waals surface area contributed by atoms with Gasteiger partial charge >= 0.3 is 6.18 Å². The van der Waals surface area contributed by atoms with Crippen molar-refractivity contribution in [3.63, 3.8) is 0 Å². The van der Waals surface area contributed by atoms with Crippen LogP contribution in [-0.2, 0) is 12.6 Å². The third-order valence-electron chi connectivity index (χ3n) is 2.74. The van der Waals surface area contributed by atoms with Crippen LogP contribution in [0.2, 0.25) is 0 Å². The lowest BCUT2D eigenvalue weighted by molar-refractivity contribution is -0.137. The molecule has 0 bridgehead atoms.